The molecule has 152 valence electrons. The summed E-state index contributed by atoms with van der Waals surface area (Å²) in [6.07, 6.45) is 0.636. The number of nitrogens with zero attached hydrogens (tertiary/aromatic N) is 1. The lowest BCUT2D eigenvalue weighted by atomic mass is 10.5. The topological polar surface area (TPSA) is 86.3 Å². The van der Waals surface area contributed by atoms with E-state index in [4.69, 9.17) is 39.8 Å². The first-order chi connectivity index (χ1) is 11.9. The molecule has 0 aliphatic carbocycles. The van der Waals surface area contributed by atoms with Crippen molar-refractivity contribution in [2.75, 3.05) is 70.5 Å². The fourth-order valence-electron chi connectivity index (χ4n) is 2.61. The lowest BCUT2D eigenvalue weighted by Crippen LogP contribution is -2.73. The molecule has 0 radical (unpaired) electrons. The molecule has 0 unspecified atom stereocenters. The van der Waals surface area contributed by atoms with Crippen LogP contribution in [-0.2, 0) is 39.8 Å². The van der Waals surface area contributed by atoms with Crippen LogP contribution in [0.2, 0.25) is 6.04 Å². The highest BCUT2D eigenvalue weighted by molar-refractivity contribution is 6.75. The van der Waals surface area contributed by atoms with Crippen molar-refractivity contribution in [2.45, 2.75) is 12.5 Å². The van der Waals surface area contributed by atoms with Crippen molar-refractivity contribution in [3.63, 3.8) is 0 Å². The maximum absolute atomic E-state index is 5.60. The van der Waals surface area contributed by atoms with Gasteiger partial charge >= 0.3 is 26.7 Å². The van der Waals surface area contributed by atoms with E-state index >= 15 is 0 Å². The Morgan fingerprint density at radius 2 is 0.840 bits per heavy atom. The standard InChI is InChI=1S/C12H33NO9Si3/c1-14-23(15-2,16-3)12-10-11-13(24(17-4,18-5)19-6)25(20-7,21-8)22-9/h10-12H2,1-9H3. The molecular weight excluding hydrogens is 386 g/mol. The molecule has 0 saturated carbocycles. The molecule has 0 saturated heterocycles. The van der Waals surface area contributed by atoms with Crippen LogP contribution in [0, 0.1) is 0 Å². The monoisotopic (exact) mass is 419 g/mol. The Morgan fingerprint density at radius 1 is 0.520 bits per heavy atom. The van der Waals surface area contributed by atoms with Gasteiger partial charge in [-0.15, -0.1) is 0 Å². The summed E-state index contributed by atoms with van der Waals surface area (Å²) in [6.45, 7) is 0.453. The number of hydrogen-bond donors (Lipinski definition) is 0. The lowest BCUT2D eigenvalue weighted by Gasteiger charge is -2.42. The molecule has 0 aliphatic heterocycles. The second kappa shape index (κ2) is 11.9. The van der Waals surface area contributed by atoms with Gasteiger partial charge in [-0.3, -0.25) is 0 Å². The second-order valence-corrected chi connectivity index (χ2v) is 14.0. The highest BCUT2D eigenvalue weighted by Crippen LogP contribution is 2.25. The van der Waals surface area contributed by atoms with Crippen molar-refractivity contribution in [1.29, 1.82) is 0 Å². The van der Waals surface area contributed by atoms with E-state index in [1.807, 2.05) is 0 Å². The van der Waals surface area contributed by atoms with Gasteiger partial charge in [-0.25, -0.2) is 4.23 Å². The van der Waals surface area contributed by atoms with E-state index in [2.05, 4.69) is 0 Å². The van der Waals surface area contributed by atoms with Crippen LogP contribution in [-0.4, -0.2) is 102 Å². The summed E-state index contributed by atoms with van der Waals surface area (Å²) in [5.41, 5.74) is 0. The van der Waals surface area contributed by atoms with Crippen LogP contribution in [0.5, 0.6) is 0 Å². The van der Waals surface area contributed by atoms with Crippen LogP contribution < -0.4 is 0 Å². The molecule has 0 aromatic heterocycles. The normalized spacial score (nSPS) is 13.7. The van der Waals surface area contributed by atoms with Gasteiger partial charge in [0.05, 0.1) is 0 Å². The molecule has 0 spiro atoms. The maximum atomic E-state index is 5.60. The van der Waals surface area contributed by atoms with Gasteiger partial charge in [0.25, 0.3) is 0 Å². The third kappa shape index (κ3) is 5.61. The third-order valence-electron chi connectivity index (χ3n) is 4.01. The van der Waals surface area contributed by atoms with E-state index in [1.165, 1.54) is 42.7 Å². The van der Waals surface area contributed by atoms with Crippen LogP contribution in [0.3, 0.4) is 0 Å². The van der Waals surface area contributed by atoms with Gasteiger partial charge in [-0.05, 0) is 13.0 Å². The van der Waals surface area contributed by atoms with Gasteiger partial charge in [0, 0.05) is 70.0 Å². The van der Waals surface area contributed by atoms with Gasteiger partial charge in [-0.2, -0.15) is 0 Å². The predicted octanol–water partition coefficient (Wildman–Crippen LogP) is 0.306. The average Bonchev–Trinajstić information content (AvgIpc) is 2.68. The van der Waals surface area contributed by atoms with Gasteiger partial charge < -0.3 is 39.8 Å². The minimum Gasteiger partial charge on any atom is -0.377 e. The predicted molar refractivity (Wildman–Crippen MR) is 96.5 cm³/mol. The van der Waals surface area contributed by atoms with Crippen LogP contribution >= 0.6 is 0 Å². The van der Waals surface area contributed by atoms with E-state index in [-0.39, 0.29) is 0 Å². The zero-order valence-electron chi connectivity index (χ0n) is 16.7. The highest BCUT2D eigenvalue weighted by Gasteiger charge is 2.62. The minimum absolute atomic E-state index is 0.453. The molecule has 13 heteroatoms. The van der Waals surface area contributed by atoms with Gasteiger partial charge in [0.15, 0.2) is 0 Å². The summed E-state index contributed by atoms with van der Waals surface area (Å²) in [7, 11) is 4.62. The maximum Gasteiger partial charge on any atom is 0.597 e. The summed E-state index contributed by atoms with van der Waals surface area (Å²) in [4.78, 5) is 0. The molecule has 0 amide bonds. The van der Waals surface area contributed by atoms with E-state index in [0.717, 1.165) is 0 Å². The zero-order chi connectivity index (χ0) is 19.6. The Hall–Kier alpha value is 0.251. The third-order valence-corrected chi connectivity index (χ3v) is 13.3. The summed E-state index contributed by atoms with van der Waals surface area (Å²) in [5, 5.41) is 0. The molecule has 0 heterocycles. The van der Waals surface area contributed by atoms with Gasteiger partial charge in [0.2, 0.25) is 0 Å². The molecule has 0 N–H and O–H groups in total. The minimum atomic E-state index is -3.26. The molecule has 0 aromatic rings. The molecule has 0 aromatic carbocycles. The van der Waals surface area contributed by atoms with Crippen molar-refractivity contribution < 1.29 is 39.8 Å². The molecule has 0 aliphatic rings. The molecule has 0 atom stereocenters. The quantitative estimate of drug-likeness (QED) is 0.346. The van der Waals surface area contributed by atoms with E-state index in [9.17, 15) is 0 Å². The second-order valence-electron chi connectivity index (χ2n) is 4.82. The summed E-state index contributed by atoms with van der Waals surface area (Å²) < 4.78 is 51.8. The van der Waals surface area contributed by atoms with Crippen molar-refractivity contribution in [3.05, 3.63) is 0 Å². The van der Waals surface area contributed by atoms with Crippen LogP contribution in [0.15, 0.2) is 0 Å². The molecule has 10 nitrogen and oxygen atoms in total. The van der Waals surface area contributed by atoms with Crippen molar-refractivity contribution in [3.8, 4) is 0 Å². The SMILES string of the molecule is CO[Si](CCCN([Si](OC)(OC)OC)[Si](OC)(OC)OC)(OC)OC. The Labute approximate surface area is 154 Å². The Bertz CT molecular complexity index is 310. The Balaban J connectivity index is 5.55. The van der Waals surface area contributed by atoms with Crippen molar-refractivity contribution in [2.24, 2.45) is 0 Å². The summed E-state index contributed by atoms with van der Waals surface area (Å²) in [5.74, 6) is 0. The average molecular weight is 420 g/mol. The fraction of sp³-hybridized carbons (Fsp3) is 1.00. The first-order valence-corrected chi connectivity index (χ1v) is 12.9. The van der Waals surface area contributed by atoms with E-state index in [1.54, 1.807) is 25.6 Å². The van der Waals surface area contributed by atoms with Gasteiger partial charge in [0.1, 0.15) is 0 Å². The number of hydrogen-bond acceptors (Lipinski definition) is 10. The summed E-state index contributed by atoms with van der Waals surface area (Å²) >= 11 is 0. The smallest absolute Gasteiger partial charge is 0.377 e. The Kier molecular flexibility index (Phi) is 12.0. The van der Waals surface area contributed by atoms with Crippen molar-refractivity contribution >= 4 is 26.7 Å². The molecule has 25 heavy (non-hydrogen) atoms. The zero-order valence-corrected chi connectivity index (χ0v) is 19.7. The van der Waals surface area contributed by atoms with E-state index in [0.29, 0.717) is 19.0 Å². The van der Waals surface area contributed by atoms with Crippen molar-refractivity contribution in [1.82, 2.24) is 4.23 Å². The van der Waals surface area contributed by atoms with E-state index < -0.39 is 26.7 Å². The molecule has 0 fully saturated rings. The lowest BCUT2D eigenvalue weighted by molar-refractivity contribution is 0.0200. The highest BCUT2D eigenvalue weighted by atomic mass is 28.5. The van der Waals surface area contributed by atoms with Crippen LogP contribution in [0.4, 0.5) is 0 Å². The number of rotatable bonds is 15. The largest absolute Gasteiger partial charge is 0.597 e. The molecule has 0 bridgehead atoms. The van der Waals surface area contributed by atoms with Crippen LogP contribution in [0.25, 0.3) is 0 Å². The molecular formula is C12H33NO9Si3. The Morgan fingerprint density at radius 3 is 1.08 bits per heavy atom. The summed E-state index contributed by atoms with van der Waals surface area (Å²) in [6, 6.07) is 0.580. The van der Waals surface area contributed by atoms with Gasteiger partial charge in [-0.1, -0.05) is 0 Å². The molecule has 0 rings (SSSR count). The van der Waals surface area contributed by atoms with Crippen LogP contribution in [0.1, 0.15) is 6.42 Å². The first kappa shape index (κ1) is 25.3. The fourth-order valence-corrected chi connectivity index (χ4v) is 10.5. The first-order valence-electron chi connectivity index (χ1n) is 7.63.